The Morgan fingerprint density at radius 3 is 1.92 bits per heavy atom. The average molecular weight is 513 g/mol. The number of ether oxygens (including phenoxy) is 1. The second kappa shape index (κ2) is 11.2. The fourth-order valence-corrected chi connectivity index (χ4v) is 6.70. The molecule has 0 amide bonds. The fraction of sp³-hybridized carbons (Fsp3) is 0.226. The molecule has 6 heteroatoms. The van der Waals surface area contributed by atoms with Crippen LogP contribution in [-0.4, -0.2) is 39.6 Å². The molecule has 0 aliphatic carbocycles. The van der Waals surface area contributed by atoms with Crippen molar-refractivity contribution in [3.63, 3.8) is 0 Å². The molecular weight excluding hydrogens is 480 g/mol. The van der Waals surface area contributed by atoms with Crippen molar-refractivity contribution in [1.82, 2.24) is 4.90 Å². The molecule has 1 aliphatic rings. The van der Waals surface area contributed by atoms with Gasteiger partial charge in [-0.05, 0) is 65.9 Å². The number of anilines is 1. The van der Waals surface area contributed by atoms with Gasteiger partial charge in [0, 0.05) is 25.7 Å². The Bertz CT molecular complexity index is 1380. The molecule has 4 aromatic rings. The molecule has 0 spiro atoms. The highest BCUT2D eigenvalue weighted by molar-refractivity contribution is 7.92. The lowest BCUT2D eigenvalue weighted by atomic mass is 10.0. The third-order valence-electron chi connectivity index (χ3n) is 6.98. The van der Waals surface area contributed by atoms with E-state index in [1.807, 2.05) is 48.5 Å². The van der Waals surface area contributed by atoms with Gasteiger partial charge in [0.1, 0.15) is 5.75 Å². The zero-order valence-electron chi connectivity index (χ0n) is 21.0. The highest BCUT2D eigenvalue weighted by Crippen LogP contribution is 2.33. The van der Waals surface area contributed by atoms with Crippen molar-refractivity contribution in [3.8, 4) is 16.9 Å². The van der Waals surface area contributed by atoms with Crippen LogP contribution in [0.3, 0.4) is 0 Å². The summed E-state index contributed by atoms with van der Waals surface area (Å²) in [6.07, 6.45) is 1.53. The van der Waals surface area contributed by atoms with Crippen LogP contribution in [0.25, 0.3) is 11.1 Å². The first kappa shape index (κ1) is 25.1. The minimum atomic E-state index is -3.77. The third-order valence-corrected chi connectivity index (χ3v) is 8.88. The van der Waals surface area contributed by atoms with E-state index in [-0.39, 0.29) is 10.9 Å². The lowest BCUT2D eigenvalue weighted by Gasteiger charge is -2.39. The van der Waals surface area contributed by atoms with Crippen LogP contribution in [0.15, 0.2) is 114 Å². The number of methoxy groups -OCH3 is 1. The molecule has 1 fully saturated rings. The highest BCUT2D eigenvalue weighted by Gasteiger charge is 2.34. The van der Waals surface area contributed by atoms with Crippen LogP contribution >= 0.6 is 0 Å². The van der Waals surface area contributed by atoms with Gasteiger partial charge in [0.25, 0.3) is 10.0 Å². The second-order valence-corrected chi connectivity index (χ2v) is 11.2. The Morgan fingerprint density at radius 2 is 1.32 bits per heavy atom. The molecule has 0 bridgehead atoms. The predicted molar refractivity (Wildman–Crippen MR) is 149 cm³/mol. The molecule has 1 aliphatic heterocycles. The number of rotatable bonds is 8. The summed E-state index contributed by atoms with van der Waals surface area (Å²) in [5.41, 5.74) is 4.13. The zero-order valence-corrected chi connectivity index (χ0v) is 21.8. The Kier molecular flexibility index (Phi) is 7.58. The Hall–Kier alpha value is -3.61. The van der Waals surface area contributed by atoms with Crippen molar-refractivity contribution in [3.05, 3.63) is 115 Å². The number of nitrogens with zero attached hydrogens (tertiary/aromatic N) is 2. The number of benzene rings is 4. The van der Waals surface area contributed by atoms with Gasteiger partial charge in [-0.25, -0.2) is 8.42 Å². The van der Waals surface area contributed by atoms with E-state index in [1.165, 1.54) is 5.56 Å². The van der Waals surface area contributed by atoms with Crippen LogP contribution in [0.5, 0.6) is 5.75 Å². The first-order valence-corrected chi connectivity index (χ1v) is 14.1. The molecule has 1 saturated heterocycles. The minimum Gasteiger partial charge on any atom is -0.497 e. The van der Waals surface area contributed by atoms with Crippen LogP contribution in [0.4, 0.5) is 5.69 Å². The van der Waals surface area contributed by atoms with Crippen molar-refractivity contribution in [2.75, 3.05) is 24.5 Å². The van der Waals surface area contributed by atoms with Crippen LogP contribution in [-0.2, 0) is 16.6 Å². The van der Waals surface area contributed by atoms with Crippen LogP contribution in [0, 0.1) is 0 Å². The lowest BCUT2D eigenvalue weighted by molar-refractivity contribution is 0.206. The first-order valence-electron chi connectivity index (χ1n) is 12.6. The molecule has 0 atom stereocenters. The van der Waals surface area contributed by atoms with E-state index in [0.29, 0.717) is 11.4 Å². The number of likely N-dealkylation sites (tertiary alicyclic amines) is 1. The van der Waals surface area contributed by atoms with E-state index in [4.69, 9.17) is 4.74 Å². The quantitative estimate of drug-likeness (QED) is 0.281. The van der Waals surface area contributed by atoms with Gasteiger partial charge in [-0.1, -0.05) is 72.8 Å². The number of piperidine rings is 1. The van der Waals surface area contributed by atoms with Gasteiger partial charge in [-0.15, -0.1) is 0 Å². The molecule has 0 aromatic heterocycles. The number of hydrogen-bond acceptors (Lipinski definition) is 4. The second-order valence-electron chi connectivity index (χ2n) is 9.38. The van der Waals surface area contributed by atoms with E-state index in [2.05, 4.69) is 41.3 Å². The molecule has 0 unspecified atom stereocenters. The molecule has 0 saturated carbocycles. The van der Waals surface area contributed by atoms with E-state index in [9.17, 15) is 8.42 Å². The number of sulfonamides is 1. The molecule has 0 N–H and O–H groups in total. The first-order chi connectivity index (χ1) is 18.0. The van der Waals surface area contributed by atoms with Crippen molar-refractivity contribution in [2.45, 2.75) is 30.3 Å². The van der Waals surface area contributed by atoms with Gasteiger partial charge in [0.05, 0.1) is 17.7 Å². The van der Waals surface area contributed by atoms with E-state index in [1.54, 1.807) is 35.7 Å². The van der Waals surface area contributed by atoms with Gasteiger partial charge < -0.3 is 4.74 Å². The van der Waals surface area contributed by atoms with Crippen molar-refractivity contribution in [2.24, 2.45) is 0 Å². The summed E-state index contributed by atoms with van der Waals surface area (Å²) in [5, 5.41) is 0. The molecule has 190 valence electrons. The summed E-state index contributed by atoms with van der Waals surface area (Å²) in [6.45, 7) is 2.57. The molecular formula is C31H32N2O3S. The van der Waals surface area contributed by atoms with Gasteiger partial charge in [-0.2, -0.15) is 0 Å². The van der Waals surface area contributed by atoms with Crippen molar-refractivity contribution in [1.29, 1.82) is 0 Å². The van der Waals surface area contributed by atoms with E-state index >= 15 is 0 Å². The third kappa shape index (κ3) is 5.71. The summed E-state index contributed by atoms with van der Waals surface area (Å²) in [4.78, 5) is 2.68. The molecule has 5 nitrogen and oxygen atoms in total. The van der Waals surface area contributed by atoms with Crippen LogP contribution in [0.2, 0.25) is 0 Å². The van der Waals surface area contributed by atoms with Crippen LogP contribution in [0.1, 0.15) is 18.4 Å². The summed E-state index contributed by atoms with van der Waals surface area (Å²) < 4.78 is 34.9. The smallest absolute Gasteiger partial charge is 0.264 e. The molecule has 5 rings (SSSR count). The van der Waals surface area contributed by atoms with E-state index in [0.717, 1.165) is 43.6 Å². The van der Waals surface area contributed by atoms with E-state index < -0.39 is 10.0 Å². The van der Waals surface area contributed by atoms with Crippen LogP contribution < -0.4 is 9.04 Å². The van der Waals surface area contributed by atoms with Gasteiger partial charge in [0.15, 0.2) is 0 Å². The number of hydrogen-bond donors (Lipinski definition) is 0. The monoisotopic (exact) mass is 512 g/mol. The Morgan fingerprint density at radius 1 is 0.757 bits per heavy atom. The topological polar surface area (TPSA) is 49.9 Å². The largest absolute Gasteiger partial charge is 0.497 e. The van der Waals surface area contributed by atoms with Gasteiger partial charge in [-0.3, -0.25) is 9.21 Å². The standard InChI is InChI=1S/C31H32N2O3S/c1-36-30-16-18-31(19-17-30)37(34,35)33(28-14-12-27(13-15-28)26-10-6-3-7-11-26)29-20-22-32(23-21-29)24-25-8-4-2-5-9-25/h2-19,29H,20-24H2,1H3. The fourth-order valence-electron chi connectivity index (χ4n) is 4.99. The molecule has 1 heterocycles. The lowest BCUT2D eigenvalue weighted by Crippen LogP contribution is -2.47. The average Bonchev–Trinajstić information content (AvgIpc) is 2.95. The Balaban J connectivity index is 1.42. The highest BCUT2D eigenvalue weighted by atomic mass is 32.2. The van der Waals surface area contributed by atoms with Gasteiger partial charge in [0.2, 0.25) is 0 Å². The summed E-state index contributed by atoms with van der Waals surface area (Å²) >= 11 is 0. The summed E-state index contributed by atoms with van der Waals surface area (Å²) in [6, 6.07) is 35.0. The Labute approximate surface area is 220 Å². The molecule has 0 radical (unpaired) electrons. The SMILES string of the molecule is COc1ccc(S(=O)(=O)N(c2ccc(-c3ccccc3)cc2)C2CCN(Cc3ccccc3)CC2)cc1. The normalized spacial score (nSPS) is 14.8. The van der Waals surface area contributed by atoms with Gasteiger partial charge >= 0.3 is 0 Å². The minimum absolute atomic E-state index is 0.123. The molecule has 37 heavy (non-hydrogen) atoms. The maximum atomic E-state index is 14.0. The zero-order chi connectivity index (χ0) is 25.7. The van der Waals surface area contributed by atoms with Crippen molar-refractivity contribution < 1.29 is 13.2 Å². The molecule has 4 aromatic carbocycles. The van der Waals surface area contributed by atoms with Crippen molar-refractivity contribution >= 4 is 15.7 Å². The summed E-state index contributed by atoms with van der Waals surface area (Å²) in [5.74, 6) is 0.631. The maximum Gasteiger partial charge on any atom is 0.264 e. The predicted octanol–water partition coefficient (Wildman–Crippen LogP) is 6.22. The summed E-state index contributed by atoms with van der Waals surface area (Å²) in [7, 11) is -2.20. The maximum absolute atomic E-state index is 14.0.